The number of hydrogen-bond donors (Lipinski definition) is 1. The van der Waals surface area contributed by atoms with Gasteiger partial charge in [0.2, 0.25) is 5.91 Å². The molecule has 5 nitrogen and oxygen atoms in total. The van der Waals surface area contributed by atoms with E-state index in [9.17, 15) is 9.59 Å². The molecule has 0 aromatic carbocycles. The van der Waals surface area contributed by atoms with Gasteiger partial charge < -0.3 is 10.0 Å². The summed E-state index contributed by atoms with van der Waals surface area (Å²) in [6.07, 6.45) is 8.93. The first kappa shape index (κ1) is 13.6. The minimum absolute atomic E-state index is 0.157. The lowest BCUT2D eigenvalue weighted by molar-refractivity contribution is -0.149. The maximum absolute atomic E-state index is 12.5. The molecule has 0 bridgehead atoms. The van der Waals surface area contributed by atoms with E-state index in [1.54, 1.807) is 0 Å². The number of aliphatic carboxylic acids is 1. The Morgan fingerprint density at radius 2 is 2.05 bits per heavy atom. The molecule has 1 saturated heterocycles. The summed E-state index contributed by atoms with van der Waals surface area (Å²) in [6.45, 7) is 1.40. The largest absolute Gasteiger partial charge is 0.481 e. The molecule has 110 valence electrons. The zero-order valence-corrected chi connectivity index (χ0v) is 11.8. The van der Waals surface area contributed by atoms with Crippen molar-refractivity contribution in [2.45, 2.75) is 44.6 Å². The van der Waals surface area contributed by atoms with Crippen LogP contribution in [0.25, 0.3) is 0 Å². The second-order valence-electron chi connectivity index (χ2n) is 6.17. The van der Waals surface area contributed by atoms with Crippen LogP contribution in [0.1, 0.15) is 38.5 Å². The van der Waals surface area contributed by atoms with Gasteiger partial charge in [-0.2, -0.15) is 0 Å². The van der Waals surface area contributed by atoms with E-state index in [0.717, 1.165) is 25.7 Å². The summed E-state index contributed by atoms with van der Waals surface area (Å²) in [5.74, 6) is -0.877. The molecular weight excluding hydrogens is 256 g/mol. The molecule has 1 amide bonds. The Hall–Kier alpha value is -1.36. The predicted octanol–water partition coefficient (Wildman–Crippen LogP) is 1.45. The zero-order valence-electron chi connectivity index (χ0n) is 11.8. The maximum atomic E-state index is 12.5. The minimum atomic E-state index is -0.747. The fourth-order valence-electron chi connectivity index (χ4n) is 3.09. The van der Waals surface area contributed by atoms with Gasteiger partial charge in [0.1, 0.15) is 0 Å². The van der Waals surface area contributed by atoms with Gasteiger partial charge in [-0.25, -0.2) is 0 Å². The summed E-state index contributed by atoms with van der Waals surface area (Å²) >= 11 is 0. The van der Waals surface area contributed by atoms with Crippen molar-refractivity contribution in [2.24, 2.45) is 5.92 Å². The third kappa shape index (κ3) is 2.87. The molecule has 3 rings (SSSR count). The first-order chi connectivity index (χ1) is 9.65. The molecule has 0 unspecified atom stereocenters. The molecule has 0 aromatic rings. The van der Waals surface area contributed by atoms with Gasteiger partial charge in [-0.3, -0.25) is 14.5 Å². The van der Waals surface area contributed by atoms with Crippen molar-refractivity contribution < 1.29 is 14.7 Å². The van der Waals surface area contributed by atoms with E-state index >= 15 is 0 Å². The highest BCUT2D eigenvalue weighted by Gasteiger charge is 2.38. The summed E-state index contributed by atoms with van der Waals surface area (Å²) in [7, 11) is 0. The predicted molar refractivity (Wildman–Crippen MR) is 74.0 cm³/mol. The lowest BCUT2D eigenvalue weighted by Gasteiger charge is -2.38. The number of carboxylic acids is 1. The fraction of sp³-hybridized carbons (Fsp3) is 0.733. The van der Waals surface area contributed by atoms with Gasteiger partial charge in [0.25, 0.3) is 0 Å². The quantitative estimate of drug-likeness (QED) is 0.827. The van der Waals surface area contributed by atoms with Crippen molar-refractivity contribution in [1.29, 1.82) is 0 Å². The van der Waals surface area contributed by atoms with Gasteiger partial charge in [0, 0.05) is 24.8 Å². The summed E-state index contributed by atoms with van der Waals surface area (Å²) in [5, 5.41) is 8.87. The van der Waals surface area contributed by atoms with Gasteiger partial charge in [0.05, 0.1) is 12.5 Å². The molecule has 1 aliphatic heterocycles. The van der Waals surface area contributed by atoms with Crippen molar-refractivity contribution in [3.05, 3.63) is 11.8 Å². The highest BCUT2D eigenvalue weighted by molar-refractivity contribution is 5.81. The number of likely N-dealkylation sites (tertiary alicyclic amines) is 1. The highest BCUT2D eigenvalue weighted by Crippen LogP contribution is 2.34. The number of rotatable bonds is 5. The van der Waals surface area contributed by atoms with Crippen molar-refractivity contribution in [3.8, 4) is 0 Å². The first-order valence-corrected chi connectivity index (χ1v) is 7.61. The second kappa shape index (κ2) is 5.56. The van der Waals surface area contributed by atoms with Crippen LogP contribution in [0.5, 0.6) is 0 Å². The Kier molecular flexibility index (Phi) is 3.78. The summed E-state index contributed by atoms with van der Waals surface area (Å²) in [4.78, 5) is 27.2. The maximum Gasteiger partial charge on any atom is 0.309 e. The van der Waals surface area contributed by atoms with Crippen LogP contribution in [0.3, 0.4) is 0 Å². The summed E-state index contributed by atoms with van der Waals surface area (Å²) in [5.41, 5.74) is 1.21. The number of nitrogens with zero attached hydrogens (tertiary/aromatic N) is 2. The van der Waals surface area contributed by atoms with Crippen molar-refractivity contribution in [2.75, 3.05) is 19.6 Å². The summed E-state index contributed by atoms with van der Waals surface area (Å²) < 4.78 is 0. The number of carboxylic acid groups (broad SMARTS) is 1. The Bertz CT molecular complexity index is 436. The van der Waals surface area contributed by atoms with Crippen LogP contribution < -0.4 is 0 Å². The molecule has 5 heteroatoms. The first-order valence-electron chi connectivity index (χ1n) is 7.61. The number of allylic oxidation sites excluding steroid dienone is 2. The van der Waals surface area contributed by atoms with E-state index in [2.05, 4.69) is 6.08 Å². The zero-order chi connectivity index (χ0) is 14.1. The number of hydrogen-bond acceptors (Lipinski definition) is 3. The van der Waals surface area contributed by atoms with Gasteiger partial charge >= 0.3 is 5.97 Å². The van der Waals surface area contributed by atoms with Crippen LogP contribution in [0.4, 0.5) is 0 Å². The SMILES string of the molecule is O=C(O)C1CN(CC(=O)N(C2=CCCCC2)C2CC2)C1. The van der Waals surface area contributed by atoms with Crippen molar-refractivity contribution >= 4 is 11.9 Å². The van der Waals surface area contributed by atoms with Crippen LogP contribution >= 0.6 is 0 Å². The van der Waals surface area contributed by atoms with Gasteiger partial charge in [-0.15, -0.1) is 0 Å². The molecule has 3 aliphatic rings. The van der Waals surface area contributed by atoms with E-state index in [1.807, 2.05) is 9.80 Å². The van der Waals surface area contributed by atoms with E-state index in [-0.39, 0.29) is 11.8 Å². The molecule has 1 heterocycles. The summed E-state index contributed by atoms with van der Waals surface area (Å²) in [6, 6.07) is 0.406. The van der Waals surface area contributed by atoms with E-state index in [1.165, 1.54) is 18.5 Å². The number of amides is 1. The average molecular weight is 278 g/mol. The number of carbonyl (C=O) groups is 2. The number of carbonyl (C=O) groups excluding carboxylic acids is 1. The van der Waals surface area contributed by atoms with Gasteiger partial charge in [-0.05, 0) is 38.5 Å². The van der Waals surface area contributed by atoms with Crippen LogP contribution in [-0.4, -0.2) is 52.5 Å². The van der Waals surface area contributed by atoms with Crippen LogP contribution in [-0.2, 0) is 9.59 Å². The highest BCUT2D eigenvalue weighted by atomic mass is 16.4. The molecule has 0 aromatic heterocycles. The third-order valence-electron chi connectivity index (χ3n) is 4.42. The average Bonchev–Trinajstić information content (AvgIpc) is 3.19. The second-order valence-corrected chi connectivity index (χ2v) is 6.17. The van der Waals surface area contributed by atoms with Crippen LogP contribution in [0.15, 0.2) is 11.8 Å². The van der Waals surface area contributed by atoms with Crippen molar-refractivity contribution in [3.63, 3.8) is 0 Å². The molecule has 0 atom stereocenters. The molecule has 1 N–H and O–H groups in total. The van der Waals surface area contributed by atoms with Crippen molar-refractivity contribution in [1.82, 2.24) is 9.80 Å². The minimum Gasteiger partial charge on any atom is -0.481 e. The monoisotopic (exact) mass is 278 g/mol. The smallest absolute Gasteiger partial charge is 0.309 e. The molecule has 20 heavy (non-hydrogen) atoms. The standard InChI is InChI=1S/C15H22N2O3/c18-14(10-16-8-11(9-16)15(19)20)17(13-6-7-13)12-4-2-1-3-5-12/h4,11,13H,1-3,5-10H2,(H,19,20). The Balaban J connectivity index is 1.57. The lowest BCUT2D eigenvalue weighted by Crippen LogP contribution is -2.54. The van der Waals surface area contributed by atoms with E-state index < -0.39 is 5.97 Å². The van der Waals surface area contributed by atoms with E-state index in [0.29, 0.717) is 25.7 Å². The molecule has 0 radical (unpaired) electrons. The molecule has 1 saturated carbocycles. The van der Waals surface area contributed by atoms with Gasteiger partial charge in [0.15, 0.2) is 0 Å². The topological polar surface area (TPSA) is 60.9 Å². The van der Waals surface area contributed by atoms with E-state index in [4.69, 9.17) is 5.11 Å². The van der Waals surface area contributed by atoms with Gasteiger partial charge in [-0.1, -0.05) is 6.08 Å². The molecule has 0 spiro atoms. The van der Waals surface area contributed by atoms with Crippen LogP contribution in [0, 0.1) is 5.92 Å². The van der Waals surface area contributed by atoms with Crippen LogP contribution in [0.2, 0.25) is 0 Å². The lowest BCUT2D eigenvalue weighted by atomic mass is 10.0. The molecule has 2 aliphatic carbocycles. The normalized spacial score (nSPS) is 23.9. The Labute approximate surface area is 119 Å². The molecule has 2 fully saturated rings. The fourth-order valence-corrected chi connectivity index (χ4v) is 3.09. The molecular formula is C15H22N2O3. The third-order valence-corrected chi connectivity index (χ3v) is 4.42. The Morgan fingerprint density at radius 1 is 1.30 bits per heavy atom. The Morgan fingerprint density at radius 3 is 2.60 bits per heavy atom.